The number of rotatable bonds is 2. The van der Waals surface area contributed by atoms with Crippen LogP contribution in [0.15, 0.2) is 59.1 Å². The molecule has 0 amide bonds. The van der Waals surface area contributed by atoms with Crippen LogP contribution in [0.4, 0.5) is 0 Å². The highest BCUT2D eigenvalue weighted by Crippen LogP contribution is 2.40. The zero-order valence-electron chi connectivity index (χ0n) is 20.0. The molecule has 0 radical (unpaired) electrons. The van der Waals surface area contributed by atoms with Crippen molar-refractivity contribution in [2.24, 2.45) is 7.05 Å². The molecule has 1 aliphatic carbocycles. The monoisotopic (exact) mass is 422 g/mol. The fourth-order valence-corrected chi connectivity index (χ4v) is 5.44. The van der Waals surface area contributed by atoms with Crippen molar-refractivity contribution in [1.82, 2.24) is 4.98 Å². The van der Waals surface area contributed by atoms with Gasteiger partial charge in [-0.1, -0.05) is 55.7 Å². The third kappa shape index (κ3) is 2.95. The number of hydrogen-bond acceptors (Lipinski definition) is 2. The molecule has 5 aromatic rings. The molecule has 0 unspecified atom stereocenters. The Bertz CT molecular complexity index is 1540. The van der Waals surface area contributed by atoms with Crippen LogP contribution in [0.3, 0.4) is 0 Å². The molecule has 0 bridgehead atoms. The van der Waals surface area contributed by atoms with E-state index < -0.39 is 5.89 Å². The van der Waals surface area contributed by atoms with Crippen LogP contribution in [-0.4, -0.2) is 4.98 Å². The summed E-state index contributed by atoms with van der Waals surface area (Å²) in [6.45, 7) is 4.19. The minimum absolute atomic E-state index is 0.494. The second-order valence-electron chi connectivity index (χ2n) is 9.23. The Morgan fingerprint density at radius 2 is 1.75 bits per heavy atom. The lowest BCUT2D eigenvalue weighted by molar-refractivity contribution is -0.660. The standard InChI is InChI=1S/C29H29N2O/c1-18-13-14-24-27-23-12-8-7-11-22(23)19(2)30-29(27)32-28(24)26(18)25-17-21(15-16-31(25)3)20-9-5-4-6-10-20/h7-8,11-17,20H,4-6,9-10H2,1-3H3/q+1/i20D. The van der Waals surface area contributed by atoms with Crippen LogP contribution in [0.25, 0.3) is 44.1 Å². The minimum atomic E-state index is -0.494. The molecule has 3 nitrogen and oxygen atoms in total. The molecule has 0 atom stereocenters. The van der Waals surface area contributed by atoms with E-state index in [-0.39, 0.29) is 0 Å². The summed E-state index contributed by atoms with van der Waals surface area (Å²) in [6, 6.07) is 17.1. The molecule has 0 spiro atoms. The molecule has 1 aliphatic rings. The first-order chi connectivity index (χ1) is 16.0. The van der Waals surface area contributed by atoms with Gasteiger partial charge in [0.2, 0.25) is 11.4 Å². The number of nitrogens with zero attached hydrogens (tertiary/aromatic N) is 2. The maximum atomic E-state index is 9.17. The maximum absolute atomic E-state index is 9.17. The topological polar surface area (TPSA) is 29.9 Å². The fourth-order valence-electron chi connectivity index (χ4n) is 5.44. The van der Waals surface area contributed by atoms with E-state index in [9.17, 15) is 0 Å². The molecule has 3 heteroatoms. The van der Waals surface area contributed by atoms with Crippen molar-refractivity contribution in [3.63, 3.8) is 0 Å². The SMILES string of the molecule is [2H]C1(c2cc[n+](C)c(-c3c(C)ccc4c3oc3nc(C)c5ccccc5c34)c2)CCCCC1. The molecule has 0 saturated heterocycles. The summed E-state index contributed by atoms with van der Waals surface area (Å²) in [5, 5.41) is 4.52. The van der Waals surface area contributed by atoms with E-state index in [4.69, 9.17) is 10.8 Å². The molecular weight excluding hydrogens is 392 g/mol. The first kappa shape index (κ1) is 18.4. The Labute approximate surface area is 190 Å². The van der Waals surface area contributed by atoms with Gasteiger partial charge in [-0.05, 0) is 49.1 Å². The quantitative estimate of drug-likeness (QED) is 0.280. The molecule has 2 aromatic carbocycles. The van der Waals surface area contributed by atoms with Gasteiger partial charge in [-0.2, -0.15) is 0 Å². The van der Waals surface area contributed by atoms with E-state index in [0.29, 0.717) is 5.71 Å². The predicted octanol–water partition coefficient (Wildman–Crippen LogP) is 7.29. The summed E-state index contributed by atoms with van der Waals surface area (Å²) in [5.41, 5.74) is 7.01. The van der Waals surface area contributed by atoms with Gasteiger partial charge in [0.05, 0.1) is 10.9 Å². The number of furan rings is 1. The first-order valence-electron chi connectivity index (χ1n) is 12.2. The van der Waals surface area contributed by atoms with Crippen molar-refractivity contribution < 1.29 is 10.4 Å². The van der Waals surface area contributed by atoms with E-state index >= 15 is 0 Å². The Kier molecular flexibility index (Phi) is 4.27. The lowest BCUT2D eigenvalue weighted by Crippen LogP contribution is -2.31. The lowest BCUT2D eigenvalue weighted by atomic mass is 9.84. The number of benzene rings is 2. The van der Waals surface area contributed by atoms with Crippen molar-refractivity contribution in [2.45, 2.75) is 51.8 Å². The van der Waals surface area contributed by atoms with Crippen molar-refractivity contribution in [3.8, 4) is 11.3 Å². The van der Waals surface area contributed by atoms with Crippen LogP contribution < -0.4 is 4.57 Å². The van der Waals surface area contributed by atoms with E-state index in [0.717, 1.165) is 75.5 Å². The van der Waals surface area contributed by atoms with E-state index in [1.54, 1.807) is 0 Å². The van der Waals surface area contributed by atoms with Crippen LogP contribution >= 0.6 is 0 Å². The minimum Gasteiger partial charge on any atom is -0.437 e. The van der Waals surface area contributed by atoms with Crippen LogP contribution in [0.1, 0.15) is 56.2 Å². The summed E-state index contributed by atoms with van der Waals surface area (Å²) >= 11 is 0. The molecule has 0 aliphatic heterocycles. The Morgan fingerprint density at radius 3 is 2.56 bits per heavy atom. The molecule has 3 aromatic heterocycles. The predicted molar refractivity (Wildman–Crippen MR) is 131 cm³/mol. The number of aryl methyl sites for hydroxylation is 3. The summed E-state index contributed by atoms with van der Waals surface area (Å²) in [6.07, 6.45) is 7.48. The summed E-state index contributed by atoms with van der Waals surface area (Å²) < 4.78 is 17.8. The zero-order chi connectivity index (χ0) is 22.7. The summed E-state index contributed by atoms with van der Waals surface area (Å²) in [7, 11) is 2.08. The fraction of sp³-hybridized carbons (Fsp3) is 0.310. The second kappa shape index (κ2) is 7.44. The van der Waals surface area contributed by atoms with Gasteiger partial charge in [-0.25, -0.2) is 9.55 Å². The largest absolute Gasteiger partial charge is 0.437 e. The Hall–Kier alpha value is -3.20. The molecule has 3 heterocycles. The zero-order valence-corrected chi connectivity index (χ0v) is 19.0. The van der Waals surface area contributed by atoms with E-state index in [1.807, 2.05) is 6.92 Å². The Balaban J connectivity index is 1.65. The molecule has 0 N–H and O–H groups in total. The second-order valence-corrected chi connectivity index (χ2v) is 9.23. The van der Waals surface area contributed by atoms with Gasteiger partial charge >= 0.3 is 0 Å². The highest BCUT2D eigenvalue weighted by Gasteiger charge is 2.24. The summed E-state index contributed by atoms with van der Waals surface area (Å²) in [4.78, 5) is 4.83. The first-order valence-corrected chi connectivity index (χ1v) is 11.7. The van der Waals surface area contributed by atoms with Gasteiger partial charge in [0, 0.05) is 30.0 Å². The van der Waals surface area contributed by atoms with Gasteiger partial charge in [0.1, 0.15) is 7.05 Å². The third-order valence-corrected chi connectivity index (χ3v) is 7.17. The number of pyridine rings is 2. The molecule has 160 valence electrons. The average molecular weight is 423 g/mol. The van der Waals surface area contributed by atoms with E-state index in [2.05, 4.69) is 73.3 Å². The van der Waals surface area contributed by atoms with Crippen molar-refractivity contribution in [3.05, 3.63) is 71.5 Å². The Morgan fingerprint density at radius 1 is 0.969 bits per heavy atom. The normalized spacial score (nSPS) is 16.7. The van der Waals surface area contributed by atoms with Gasteiger partial charge in [0.15, 0.2) is 11.8 Å². The molecule has 1 saturated carbocycles. The molecule has 32 heavy (non-hydrogen) atoms. The van der Waals surface area contributed by atoms with Crippen LogP contribution in [0, 0.1) is 13.8 Å². The van der Waals surface area contributed by atoms with Gasteiger partial charge < -0.3 is 4.42 Å². The van der Waals surface area contributed by atoms with Crippen LogP contribution in [-0.2, 0) is 7.05 Å². The van der Waals surface area contributed by atoms with Crippen molar-refractivity contribution in [1.29, 1.82) is 0 Å². The lowest BCUT2D eigenvalue weighted by Gasteiger charge is -2.21. The molecule has 6 rings (SSSR count). The number of fused-ring (bicyclic) bond motifs is 5. The maximum Gasteiger partial charge on any atom is 0.228 e. The molecular formula is C29H29N2O+. The number of hydrogen-bond donors (Lipinski definition) is 0. The highest BCUT2D eigenvalue weighted by atomic mass is 16.3. The van der Waals surface area contributed by atoms with Gasteiger partial charge in [-0.3, -0.25) is 0 Å². The highest BCUT2D eigenvalue weighted by molar-refractivity contribution is 6.20. The molecule has 1 fully saturated rings. The third-order valence-electron chi connectivity index (χ3n) is 7.17. The summed E-state index contributed by atoms with van der Waals surface area (Å²) in [5.74, 6) is -0.494. The van der Waals surface area contributed by atoms with Gasteiger partial charge in [-0.15, -0.1) is 0 Å². The number of aromatic nitrogens is 2. The van der Waals surface area contributed by atoms with Crippen LogP contribution in [0.5, 0.6) is 0 Å². The van der Waals surface area contributed by atoms with Gasteiger partial charge in [0.25, 0.3) is 0 Å². The van der Waals surface area contributed by atoms with Crippen LogP contribution in [0.2, 0.25) is 0 Å². The van der Waals surface area contributed by atoms with E-state index in [1.165, 1.54) is 11.8 Å². The smallest absolute Gasteiger partial charge is 0.228 e. The average Bonchev–Trinajstić information content (AvgIpc) is 3.18. The van der Waals surface area contributed by atoms with Crippen molar-refractivity contribution in [2.75, 3.05) is 0 Å². The van der Waals surface area contributed by atoms with Crippen molar-refractivity contribution >= 4 is 32.8 Å².